The van der Waals surface area contributed by atoms with Crippen molar-refractivity contribution in [3.05, 3.63) is 59.2 Å². The molecule has 0 radical (unpaired) electrons. The van der Waals surface area contributed by atoms with Crippen LogP contribution < -0.4 is 9.47 Å². The van der Waals surface area contributed by atoms with E-state index in [2.05, 4.69) is 0 Å². The minimum Gasteiger partial charge on any atom is -0.454 e. The lowest BCUT2D eigenvalue weighted by Gasteiger charge is -2.35. The second-order valence-corrected chi connectivity index (χ2v) is 8.32. The fraction of sp³-hybridized carbons (Fsp3) is 0.417. The normalized spacial score (nSPS) is 17.9. The SMILES string of the molecule is O=C1c2ccccc2CN1CC(=O)N(Cc1ccc2c(c1)OCO2)C1CCCCC1. The summed E-state index contributed by atoms with van der Waals surface area (Å²) in [5.41, 5.74) is 2.73. The van der Waals surface area contributed by atoms with Gasteiger partial charge < -0.3 is 19.3 Å². The van der Waals surface area contributed by atoms with Crippen LogP contribution in [0, 0.1) is 0 Å². The van der Waals surface area contributed by atoms with E-state index in [0.29, 0.717) is 18.7 Å². The molecule has 1 saturated carbocycles. The molecule has 6 heteroatoms. The van der Waals surface area contributed by atoms with Crippen molar-refractivity contribution in [2.45, 2.75) is 51.2 Å². The second kappa shape index (κ2) is 8.01. The Morgan fingerprint density at radius 1 is 1.03 bits per heavy atom. The Bertz CT molecular complexity index is 967. The van der Waals surface area contributed by atoms with Crippen LogP contribution in [0.4, 0.5) is 0 Å². The molecule has 0 unspecified atom stereocenters. The highest BCUT2D eigenvalue weighted by atomic mass is 16.7. The zero-order valence-corrected chi connectivity index (χ0v) is 17.0. The maximum Gasteiger partial charge on any atom is 0.254 e. The molecule has 3 aliphatic rings. The molecular formula is C24H26N2O4. The number of carbonyl (C=O) groups excluding carboxylic acids is 2. The highest BCUT2D eigenvalue weighted by Gasteiger charge is 2.32. The van der Waals surface area contributed by atoms with Gasteiger partial charge in [0.1, 0.15) is 6.54 Å². The van der Waals surface area contributed by atoms with Crippen molar-refractivity contribution < 1.29 is 19.1 Å². The summed E-state index contributed by atoms with van der Waals surface area (Å²) in [4.78, 5) is 29.8. The van der Waals surface area contributed by atoms with E-state index in [-0.39, 0.29) is 31.2 Å². The van der Waals surface area contributed by atoms with Crippen molar-refractivity contribution in [3.8, 4) is 11.5 Å². The lowest BCUT2D eigenvalue weighted by Crippen LogP contribution is -2.46. The fourth-order valence-corrected chi connectivity index (χ4v) is 4.75. The van der Waals surface area contributed by atoms with Crippen LogP contribution in [0.5, 0.6) is 11.5 Å². The first kappa shape index (κ1) is 19.0. The van der Waals surface area contributed by atoms with Gasteiger partial charge in [0, 0.05) is 24.7 Å². The van der Waals surface area contributed by atoms with Crippen molar-refractivity contribution in [2.75, 3.05) is 13.3 Å². The van der Waals surface area contributed by atoms with E-state index < -0.39 is 0 Å². The summed E-state index contributed by atoms with van der Waals surface area (Å²) in [6.45, 7) is 1.38. The molecule has 1 aliphatic carbocycles. The summed E-state index contributed by atoms with van der Waals surface area (Å²) in [6, 6.07) is 13.7. The highest BCUT2D eigenvalue weighted by molar-refractivity contribution is 6.00. The lowest BCUT2D eigenvalue weighted by molar-refractivity contribution is -0.135. The van der Waals surface area contributed by atoms with E-state index in [1.807, 2.05) is 47.4 Å². The third kappa shape index (κ3) is 3.62. The van der Waals surface area contributed by atoms with Crippen LogP contribution in [-0.4, -0.2) is 41.0 Å². The number of amides is 2. The molecule has 2 amide bonds. The molecular weight excluding hydrogens is 380 g/mol. The maximum absolute atomic E-state index is 13.4. The Labute approximate surface area is 176 Å². The topological polar surface area (TPSA) is 59.1 Å². The van der Waals surface area contributed by atoms with Gasteiger partial charge in [-0.2, -0.15) is 0 Å². The lowest BCUT2D eigenvalue weighted by atomic mass is 9.93. The van der Waals surface area contributed by atoms with Gasteiger partial charge in [0.15, 0.2) is 11.5 Å². The number of benzene rings is 2. The van der Waals surface area contributed by atoms with Crippen LogP contribution in [0.15, 0.2) is 42.5 Å². The molecule has 0 N–H and O–H groups in total. The largest absolute Gasteiger partial charge is 0.454 e. The number of rotatable bonds is 5. The molecule has 1 fully saturated rings. The summed E-state index contributed by atoms with van der Waals surface area (Å²) in [5.74, 6) is 1.44. The van der Waals surface area contributed by atoms with E-state index in [0.717, 1.165) is 48.3 Å². The Kier molecular flexibility index (Phi) is 5.07. The molecule has 2 aromatic rings. The van der Waals surface area contributed by atoms with Gasteiger partial charge in [0.25, 0.3) is 5.91 Å². The molecule has 0 bridgehead atoms. The third-order valence-corrected chi connectivity index (χ3v) is 6.35. The molecule has 5 rings (SSSR count). The number of fused-ring (bicyclic) bond motifs is 2. The zero-order valence-electron chi connectivity index (χ0n) is 17.0. The van der Waals surface area contributed by atoms with Crippen molar-refractivity contribution in [3.63, 3.8) is 0 Å². The molecule has 2 aliphatic heterocycles. The number of nitrogens with zero attached hydrogens (tertiary/aromatic N) is 2. The second-order valence-electron chi connectivity index (χ2n) is 8.32. The summed E-state index contributed by atoms with van der Waals surface area (Å²) in [5, 5.41) is 0. The van der Waals surface area contributed by atoms with Crippen molar-refractivity contribution in [1.82, 2.24) is 9.80 Å². The van der Waals surface area contributed by atoms with E-state index in [1.165, 1.54) is 6.42 Å². The van der Waals surface area contributed by atoms with Crippen LogP contribution in [0.1, 0.15) is 53.6 Å². The van der Waals surface area contributed by atoms with Gasteiger partial charge in [0.05, 0.1) is 0 Å². The van der Waals surface area contributed by atoms with Crippen molar-refractivity contribution in [1.29, 1.82) is 0 Å². The van der Waals surface area contributed by atoms with Crippen LogP contribution >= 0.6 is 0 Å². The maximum atomic E-state index is 13.4. The molecule has 0 saturated heterocycles. The Morgan fingerprint density at radius 3 is 2.67 bits per heavy atom. The summed E-state index contributed by atoms with van der Waals surface area (Å²) in [6.07, 6.45) is 5.55. The number of hydrogen-bond donors (Lipinski definition) is 0. The zero-order chi connectivity index (χ0) is 20.5. The van der Waals surface area contributed by atoms with Crippen molar-refractivity contribution in [2.24, 2.45) is 0 Å². The van der Waals surface area contributed by atoms with Crippen LogP contribution in [0.25, 0.3) is 0 Å². The predicted octanol–water partition coefficient (Wildman–Crippen LogP) is 3.73. The van der Waals surface area contributed by atoms with Gasteiger partial charge in [-0.15, -0.1) is 0 Å². The Hall–Kier alpha value is -3.02. The first-order valence-corrected chi connectivity index (χ1v) is 10.7. The summed E-state index contributed by atoms with van der Waals surface area (Å²) >= 11 is 0. The minimum absolute atomic E-state index is 0.0146. The van der Waals surface area contributed by atoms with Gasteiger partial charge in [-0.05, 0) is 42.2 Å². The molecule has 30 heavy (non-hydrogen) atoms. The molecule has 2 heterocycles. The molecule has 6 nitrogen and oxygen atoms in total. The van der Waals surface area contributed by atoms with Gasteiger partial charge in [-0.1, -0.05) is 43.5 Å². The average molecular weight is 406 g/mol. The average Bonchev–Trinajstić information content (AvgIpc) is 3.37. The fourth-order valence-electron chi connectivity index (χ4n) is 4.75. The van der Waals surface area contributed by atoms with Crippen LogP contribution in [0.2, 0.25) is 0 Å². The van der Waals surface area contributed by atoms with E-state index >= 15 is 0 Å². The van der Waals surface area contributed by atoms with E-state index in [1.54, 1.807) is 4.90 Å². The number of ether oxygens (including phenoxy) is 2. The van der Waals surface area contributed by atoms with Crippen LogP contribution in [0.3, 0.4) is 0 Å². The monoisotopic (exact) mass is 406 g/mol. The smallest absolute Gasteiger partial charge is 0.254 e. The molecule has 0 aromatic heterocycles. The molecule has 156 valence electrons. The number of carbonyl (C=O) groups is 2. The van der Waals surface area contributed by atoms with E-state index in [4.69, 9.17) is 9.47 Å². The van der Waals surface area contributed by atoms with Gasteiger partial charge in [0.2, 0.25) is 12.7 Å². The highest BCUT2D eigenvalue weighted by Crippen LogP contribution is 2.34. The first-order valence-electron chi connectivity index (χ1n) is 10.7. The van der Waals surface area contributed by atoms with Gasteiger partial charge >= 0.3 is 0 Å². The number of hydrogen-bond acceptors (Lipinski definition) is 4. The van der Waals surface area contributed by atoms with Gasteiger partial charge in [-0.3, -0.25) is 9.59 Å². The van der Waals surface area contributed by atoms with Crippen LogP contribution in [-0.2, 0) is 17.9 Å². The minimum atomic E-state index is -0.0503. The van der Waals surface area contributed by atoms with E-state index in [9.17, 15) is 9.59 Å². The quantitative estimate of drug-likeness (QED) is 0.759. The third-order valence-electron chi connectivity index (χ3n) is 6.35. The predicted molar refractivity (Wildman–Crippen MR) is 111 cm³/mol. The molecule has 0 atom stereocenters. The summed E-state index contributed by atoms with van der Waals surface area (Å²) < 4.78 is 10.9. The standard InChI is InChI=1S/C24H26N2O4/c27-23(15-25-14-18-6-4-5-9-20(18)24(25)28)26(19-7-2-1-3-8-19)13-17-10-11-21-22(12-17)30-16-29-21/h4-6,9-12,19H,1-3,7-8,13-16H2. The Balaban J connectivity index is 1.34. The Morgan fingerprint density at radius 2 is 1.83 bits per heavy atom. The van der Waals surface area contributed by atoms with Crippen molar-refractivity contribution >= 4 is 11.8 Å². The first-order chi connectivity index (χ1) is 14.7. The summed E-state index contributed by atoms with van der Waals surface area (Å²) in [7, 11) is 0. The van der Waals surface area contributed by atoms with Gasteiger partial charge in [-0.25, -0.2) is 0 Å². The molecule has 2 aromatic carbocycles. The molecule has 0 spiro atoms.